The second kappa shape index (κ2) is 7.98. The van der Waals surface area contributed by atoms with Crippen LogP contribution in [0.15, 0.2) is 0 Å². The van der Waals surface area contributed by atoms with E-state index >= 15 is 0 Å². The van der Waals surface area contributed by atoms with Gasteiger partial charge < -0.3 is 5.21 Å². The van der Waals surface area contributed by atoms with E-state index in [0.717, 1.165) is 6.54 Å². The van der Waals surface area contributed by atoms with Crippen LogP contribution in [-0.4, -0.2) is 28.7 Å². The molecule has 0 aromatic carbocycles. The van der Waals surface area contributed by atoms with Crippen molar-refractivity contribution in [3.63, 3.8) is 0 Å². The van der Waals surface area contributed by atoms with Crippen molar-refractivity contribution in [2.75, 3.05) is 6.54 Å². The molecular formula is C8H22N2O. The number of hydrogen-bond acceptors (Lipinski definition) is 3. The molecule has 70 valence electrons. The van der Waals surface area contributed by atoms with Crippen LogP contribution in [0.4, 0.5) is 0 Å². The summed E-state index contributed by atoms with van der Waals surface area (Å²) >= 11 is 0. The van der Waals surface area contributed by atoms with Crippen LogP contribution in [0.2, 0.25) is 0 Å². The molecule has 0 aromatic rings. The van der Waals surface area contributed by atoms with E-state index in [0.29, 0.717) is 12.1 Å². The summed E-state index contributed by atoms with van der Waals surface area (Å²) in [6.07, 6.45) is 0. The first-order valence-electron chi connectivity index (χ1n) is 4.11. The highest BCUT2D eigenvalue weighted by Crippen LogP contribution is 2.02. The van der Waals surface area contributed by atoms with Gasteiger partial charge in [-0.2, -0.15) is 0 Å². The lowest BCUT2D eigenvalue weighted by Crippen LogP contribution is -2.36. The molecule has 0 aromatic heterocycles. The van der Waals surface area contributed by atoms with Gasteiger partial charge in [0.25, 0.3) is 0 Å². The van der Waals surface area contributed by atoms with Gasteiger partial charge in [0.1, 0.15) is 0 Å². The molecule has 3 N–H and O–H groups in total. The second-order valence-electron chi connectivity index (χ2n) is 3.02. The first-order valence-corrected chi connectivity index (χ1v) is 4.11. The van der Waals surface area contributed by atoms with Gasteiger partial charge in [-0.3, -0.25) is 4.90 Å². The van der Waals surface area contributed by atoms with Crippen LogP contribution >= 0.6 is 0 Å². The molecule has 0 unspecified atom stereocenters. The lowest BCUT2D eigenvalue weighted by Gasteiger charge is -2.28. The standard InChI is InChI=1S/C8H19N.H3NO/c1-6-9(7(2)3)8(4)5;1-2/h7-8H,6H2,1-5H3;2H,1H2. The van der Waals surface area contributed by atoms with E-state index in [9.17, 15) is 0 Å². The molecule has 0 heterocycles. The van der Waals surface area contributed by atoms with E-state index in [1.807, 2.05) is 0 Å². The summed E-state index contributed by atoms with van der Waals surface area (Å²) in [7, 11) is 0. The fraction of sp³-hybridized carbons (Fsp3) is 1.00. The maximum atomic E-state index is 6.50. The first kappa shape index (κ1) is 13.5. The number of nitrogens with zero attached hydrogens (tertiary/aromatic N) is 1. The number of rotatable bonds is 3. The zero-order valence-electron chi connectivity index (χ0n) is 8.33. The van der Waals surface area contributed by atoms with E-state index in [2.05, 4.69) is 45.4 Å². The Bertz CT molecular complexity index is 66.5. The van der Waals surface area contributed by atoms with Gasteiger partial charge in [0.2, 0.25) is 0 Å². The Kier molecular flexibility index (Phi) is 9.77. The normalized spacial score (nSPS) is 10.4. The van der Waals surface area contributed by atoms with Crippen molar-refractivity contribution >= 4 is 0 Å². The summed E-state index contributed by atoms with van der Waals surface area (Å²) in [5.41, 5.74) is 0. The summed E-state index contributed by atoms with van der Waals surface area (Å²) in [6.45, 7) is 12.3. The molecule has 0 fully saturated rings. The van der Waals surface area contributed by atoms with Gasteiger partial charge >= 0.3 is 0 Å². The summed E-state index contributed by atoms with van der Waals surface area (Å²) < 4.78 is 0. The van der Waals surface area contributed by atoms with E-state index in [1.165, 1.54) is 0 Å². The molecule has 11 heavy (non-hydrogen) atoms. The minimum atomic E-state index is 0.690. The third-order valence-corrected chi connectivity index (χ3v) is 1.69. The Hall–Kier alpha value is -0.120. The van der Waals surface area contributed by atoms with E-state index in [-0.39, 0.29) is 0 Å². The van der Waals surface area contributed by atoms with Crippen molar-refractivity contribution in [1.82, 2.24) is 4.90 Å². The lowest BCUT2D eigenvalue weighted by molar-refractivity contribution is 0.185. The Morgan fingerprint density at radius 1 is 1.09 bits per heavy atom. The van der Waals surface area contributed by atoms with Crippen LogP contribution in [0.3, 0.4) is 0 Å². The third-order valence-electron chi connectivity index (χ3n) is 1.69. The highest BCUT2D eigenvalue weighted by molar-refractivity contribution is 4.64. The lowest BCUT2D eigenvalue weighted by atomic mass is 10.2. The molecule has 0 bridgehead atoms. The van der Waals surface area contributed by atoms with Crippen LogP contribution in [0.5, 0.6) is 0 Å². The SMILES string of the molecule is CCN(C(C)C)C(C)C.NO. The summed E-state index contributed by atoms with van der Waals surface area (Å²) in [5, 5.41) is 6.50. The molecule has 0 rings (SSSR count). The number of nitrogens with two attached hydrogens (primary N) is 1. The van der Waals surface area contributed by atoms with Crippen molar-refractivity contribution in [3.05, 3.63) is 0 Å². The van der Waals surface area contributed by atoms with Gasteiger partial charge in [-0.05, 0) is 34.2 Å². The summed E-state index contributed by atoms with van der Waals surface area (Å²) in [6, 6.07) is 1.38. The van der Waals surface area contributed by atoms with Crippen LogP contribution in [0, 0.1) is 0 Å². The van der Waals surface area contributed by atoms with Gasteiger partial charge in [0.05, 0.1) is 0 Å². The third kappa shape index (κ3) is 6.28. The summed E-state index contributed by atoms with van der Waals surface area (Å²) in [4.78, 5) is 2.46. The fourth-order valence-corrected chi connectivity index (χ4v) is 1.33. The Balaban J connectivity index is 0. The average Bonchev–Trinajstić information content (AvgIpc) is 1.91. The van der Waals surface area contributed by atoms with Crippen LogP contribution in [0.1, 0.15) is 34.6 Å². The molecule has 0 aliphatic heterocycles. The molecule has 3 nitrogen and oxygen atoms in total. The minimum absolute atomic E-state index is 0.690. The molecule has 0 aliphatic carbocycles. The molecule has 0 aliphatic rings. The van der Waals surface area contributed by atoms with Crippen molar-refractivity contribution < 1.29 is 5.21 Å². The molecule has 0 saturated carbocycles. The van der Waals surface area contributed by atoms with E-state index < -0.39 is 0 Å². The molecule has 0 saturated heterocycles. The molecule has 0 amide bonds. The van der Waals surface area contributed by atoms with Gasteiger partial charge in [-0.1, -0.05) is 6.92 Å². The van der Waals surface area contributed by atoms with Crippen molar-refractivity contribution in [3.8, 4) is 0 Å². The Morgan fingerprint density at radius 3 is 1.36 bits per heavy atom. The highest BCUT2D eigenvalue weighted by Gasteiger charge is 2.08. The van der Waals surface area contributed by atoms with Crippen molar-refractivity contribution in [1.29, 1.82) is 0 Å². The molecule has 3 heteroatoms. The number of hydrogen-bond donors (Lipinski definition) is 2. The largest absolute Gasteiger partial charge is 0.320 e. The maximum Gasteiger partial charge on any atom is 0.00411 e. The minimum Gasteiger partial charge on any atom is -0.320 e. The predicted octanol–water partition coefficient (Wildman–Crippen LogP) is 1.46. The fourth-order valence-electron chi connectivity index (χ4n) is 1.33. The van der Waals surface area contributed by atoms with Gasteiger partial charge in [0, 0.05) is 12.1 Å². The average molecular weight is 162 g/mol. The van der Waals surface area contributed by atoms with Gasteiger partial charge in [-0.15, -0.1) is 0 Å². The maximum absolute atomic E-state index is 6.50. The van der Waals surface area contributed by atoms with E-state index in [1.54, 1.807) is 0 Å². The zero-order valence-corrected chi connectivity index (χ0v) is 8.33. The van der Waals surface area contributed by atoms with Gasteiger partial charge in [0.15, 0.2) is 0 Å². The van der Waals surface area contributed by atoms with Crippen LogP contribution < -0.4 is 5.90 Å². The quantitative estimate of drug-likeness (QED) is 0.618. The van der Waals surface area contributed by atoms with Crippen molar-refractivity contribution in [2.24, 2.45) is 5.90 Å². The smallest absolute Gasteiger partial charge is 0.00411 e. The predicted molar refractivity (Wildman–Crippen MR) is 48.6 cm³/mol. The van der Waals surface area contributed by atoms with Crippen LogP contribution in [-0.2, 0) is 0 Å². The zero-order chi connectivity index (χ0) is 9.44. The van der Waals surface area contributed by atoms with E-state index in [4.69, 9.17) is 5.21 Å². The van der Waals surface area contributed by atoms with Crippen LogP contribution in [0.25, 0.3) is 0 Å². The highest BCUT2D eigenvalue weighted by atomic mass is 16.4. The first-order chi connectivity index (χ1) is 5.09. The molecule has 0 atom stereocenters. The molecular weight excluding hydrogens is 140 g/mol. The molecule has 0 radical (unpaired) electrons. The topological polar surface area (TPSA) is 49.5 Å². The van der Waals surface area contributed by atoms with Crippen molar-refractivity contribution in [2.45, 2.75) is 46.7 Å². The summed E-state index contributed by atoms with van der Waals surface area (Å²) in [5.74, 6) is 3.50. The van der Waals surface area contributed by atoms with Gasteiger partial charge in [-0.25, -0.2) is 5.90 Å². The monoisotopic (exact) mass is 162 g/mol. The Labute approximate surface area is 70.1 Å². The second-order valence-corrected chi connectivity index (χ2v) is 3.02. The Morgan fingerprint density at radius 2 is 1.36 bits per heavy atom. The molecule has 0 spiro atoms.